The number of piperidine rings is 1. The van der Waals surface area contributed by atoms with Gasteiger partial charge < -0.3 is 15.7 Å². The van der Waals surface area contributed by atoms with Gasteiger partial charge in [-0.25, -0.2) is 0 Å². The van der Waals surface area contributed by atoms with E-state index in [0.717, 1.165) is 18.5 Å². The Bertz CT molecular complexity index is 570. The van der Waals surface area contributed by atoms with E-state index in [1.54, 1.807) is 6.07 Å². The average molecular weight is 282 g/mol. The second-order valence-corrected chi connectivity index (χ2v) is 5.60. The first-order valence-electron chi connectivity index (χ1n) is 7.63. The molecule has 1 aliphatic heterocycles. The van der Waals surface area contributed by atoms with Crippen molar-refractivity contribution in [3.8, 4) is 5.75 Å². The molecule has 0 spiro atoms. The Morgan fingerprint density at radius 1 is 1.05 bits per heavy atom. The van der Waals surface area contributed by atoms with Crippen LogP contribution in [0.5, 0.6) is 5.75 Å². The molecule has 110 valence electrons. The van der Waals surface area contributed by atoms with Gasteiger partial charge in [0.25, 0.3) is 0 Å². The summed E-state index contributed by atoms with van der Waals surface area (Å²) in [6.45, 7) is 1.76. The Hall–Kier alpha value is -1.84. The largest absolute Gasteiger partial charge is 0.508 e. The summed E-state index contributed by atoms with van der Waals surface area (Å²) in [6.07, 6.45) is 2.34. The molecule has 3 nitrogen and oxygen atoms in total. The fourth-order valence-corrected chi connectivity index (χ4v) is 3.02. The van der Waals surface area contributed by atoms with Crippen LogP contribution in [0.15, 0.2) is 54.6 Å². The minimum absolute atomic E-state index is 0.339. The Balaban J connectivity index is 1.69. The van der Waals surface area contributed by atoms with Crippen LogP contribution in [0.3, 0.4) is 0 Å². The van der Waals surface area contributed by atoms with Crippen LogP contribution in [0.2, 0.25) is 0 Å². The Labute approximate surface area is 126 Å². The van der Waals surface area contributed by atoms with Crippen molar-refractivity contribution in [3.05, 3.63) is 65.7 Å². The van der Waals surface area contributed by atoms with Crippen molar-refractivity contribution in [2.24, 2.45) is 0 Å². The van der Waals surface area contributed by atoms with Crippen molar-refractivity contribution in [1.82, 2.24) is 10.6 Å². The molecule has 3 rings (SSSR count). The summed E-state index contributed by atoms with van der Waals surface area (Å²) in [4.78, 5) is 0. The van der Waals surface area contributed by atoms with Crippen molar-refractivity contribution >= 4 is 0 Å². The molecule has 0 amide bonds. The summed E-state index contributed by atoms with van der Waals surface area (Å²) in [7, 11) is 0. The fourth-order valence-electron chi connectivity index (χ4n) is 3.02. The number of benzene rings is 2. The van der Waals surface area contributed by atoms with E-state index in [2.05, 4.69) is 41.0 Å². The monoisotopic (exact) mass is 282 g/mol. The molecule has 0 radical (unpaired) electrons. The minimum Gasteiger partial charge on any atom is -0.508 e. The fraction of sp³-hybridized carbons (Fsp3) is 0.333. The van der Waals surface area contributed by atoms with Crippen molar-refractivity contribution in [1.29, 1.82) is 0 Å². The summed E-state index contributed by atoms with van der Waals surface area (Å²) in [6, 6.07) is 18.8. The number of phenolic OH excluding ortho intramolecular Hbond substituents is 1. The molecular weight excluding hydrogens is 260 g/mol. The number of phenols is 1. The highest BCUT2D eigenvalue weighted by Crippen LogP contribution is 2.24. The smallest absolute Gasteiger partial charge is 0.120 e. The molecule has 1 fully saturated rings. The van der Waals surface area contributed by atoms with Crippen LogP contribution in [0.4, 0.5) is 0 Å². The maximum atomic E-state index is 9.87. The zero-order valence-electron chi connectivity index (χ0n) is 12.1. The highest BCUT2D eigenvalue weighted by molar-refractivity contribution is 5.31. The normalized spacial score (nSPS) is 22.1. The van der Waals surface area contributed by atoms with Crippen LogP contribution in [0, 0.1) is 0 Å². The second-order valence-electron chi connectivity index (χ2n) is 5.60. The van der Waals surface area contributed by atoms with Crippen molar-refractivity contribution in [2.75, 3.05) is 6.54 Å². The number of hydrogen-bond donors (Lipinski definition) is 3. The lowest BCUT2D eigenvalue weighted by molar-refractivity contribution is 0.303. The quantitative estimate of drug-likeness (QED) is 0.808. The third-order valence-corrected chi connectivity index (χ3v) is 4.16. The van der Waals surface area contributed by atoms with Crippen LogP contribution in [0.25, 0.3) is 0 Å². The van der Waals surface area contributed by atoms with Crippen LogP contribution >= 0.6 is 0 Å². The highest BCUT2D eigenvalue weighted by Gasteiger charge is 2.25. The molecule has 2 aromatic carbocycles. The minimum atomic E-state index is 0.339. The van der Waals surface area contributed by atoms with Crippen LogP contribution in [-0.4, -0.2) is 17.7 Å². The topological polar surface area (TPSA) is 44.3 Å². The summed E-state index contributed by atoms with van der Waals surface area (Å²) in [5.41, 5.74) is 2.28. The molecule has 1 heterocycles. The van der Waals surface area contributed by atoms with E-state index in [0.29, 0.717) is 24.4 Å². The second kappa shape index (κ2) is 6.74. The lowest BCUT2D eigenvalue weighted by Crippen LogP contribution is -2.45. The van der Waals surface area contributed by atoms with Gasteiger partial charge in [0.05, 0.1) is 0 Å². The summed E-state index contributed by atoms with van der Waals surface area (Å²) in [5.74, 6) is 0.366. The number of aromatic hydroxyl groups is 1. The molecule has 21 heavy (non-hydrogen) atoms. The third-order valence-electron chi connectivity index (χ3n) is 4.16. The third kappa shape index (κ3) is 3.43. The predicted molar refractivity (Wildman–Crippen MR) is 85.2 cm³/mol. The molecule has 1 aliphatic rings. The van der Waals surface area contributed by atoms with Gasteiger partial charge in [-0.1, -0.05) is 48.5 Å². The van der Waals surface area contributed by atoms with Gasteiger partial charge in [-0.3, -0.25) is 0 Å². The molecule has 0 aromatic heterocycles. The summed E-state index contributed by atoms with van der Waals surface area (Å²) in [5, 5.41) is 17.1. The predicted octanol–water partition coefficient (Wildman–Crippen LogP) is 2.98. The first-order valence-corrected chi connectivity index (χ1v) is 7.63. The van der Waals surface area contributed by atoms with E-state index in [1.807, 2.05) is 18.2 Å². The van der Waals surface area contributed by atoms with E-state index in [9.17, 15) is 5.11 Å². The number of nitrogens with one attached hydrogen (secondary N) is 2. The molecule has 3 heteroatoms. The zero-order chi connectivity index (χ0) is 14.5. The van der Waals surface area contributed by atoms with Crippen molar-refractivity contribution in [2.45, 2.75) is 31.5 Å². The van der Waals surface area contributed by atoms with Gasteiger partial charge in [0.2, 0.25) is 0 Å². The molecule has 0 bridgehead atoms. The zero-order valence-corrected chi connectivity index (χ0v) is 12.1. The van der Waals surface area contributed by atoms with Crippen molar-refractivity contribution < 1.29 is 5.11 Å². The molecule has 0 unspecified atom stereocenters. The van der Waals surface area contributed by atoms with E-state index in [4.69, 9.17) is 0 Å². The van der Waals surface area contributed by atoms with Gasteiger partial charge >= 0.3 is 0 Å². The summed E-state index contributed by atoms with van der Waals surface area (Å²) >= 11 is 0. The molecule has 1 saturated heterocycles. The first-order chi connectivity index (χ1) is 10.3. The van der Waals surface area contributed by atoms with E-state index in [-0.39, 0.29) is 0 Å². The van der Waals surface area contributed by atoms with E-state index < -0.39 is 0 Å². The Kier molecular flexibility index (Phi) is 4.53. The van der Waals surface area contributed by atoms with Gasteiger partial charge in [-0.05, 0) is 31.0 Å². The van der Waals surface area contributed by atoms with Crippen LogP contribution in [-0.2, 0) is 6.54 Å². The van der Waals surface area contributed by atoms with Crippen molar-refractivity contribution in [3.63, 3.8) is 0 Å². The maximum absolute atomic E-state index is 9.87. The number of rotatable bonds is 4. The Morgan fingerprint density at radius 3 is 2.62 bits per heavy atom. The molecular formula is C18H22N2O. The molecule has 2 aromatic rings. The highest BCUT2D eigenvalue weighted by atomic mass is 16.3. The molecule has 3 N–H and O–H groups in total. The molecule has 2 atom stereocenters. The van der Waals surface area contributed by atoms with E-state index >= 15 is 0 Å². The van der Waals surface area contributed by atoms with Gasteiger partial charge in [-0.15, -0.1) is 0 Å². The van der Waals surface area contributed by atoms with Gasteiger partial charge in [0, 0.05) is 24.2 Å². The maximum Gasteiger partial charge on any atom is 0.120 e. The van der Waals surface area contributed by atoms with E-state index in [1.165, 1.54) is 12.0 Å². The molecule has 0 saturated carbocycles. The lowest BCUT2D eigenvalue weighted by atomic mass is 9.92. The molecule has 0 aliphatic carbocycles. The van der Waals surface area contributed by atoms with Gasteiger partial charge in [0.15, 0.2) is 0 Å². The lowest BCUT2D eigenvalue weighted by Gasteiger charge is -2.34. The first kappa shape index (κ1) is 14.1. The number of para-hydroxylation sites is 1. The standard InChI is InChI=1S/C18H22N2O/c21-17-11-5-4-9-15(17)13-20-16-10-6-12-19-18(16)14-7-2-1-3-8-14/h1-5,7-9,11,16,18-21H,6,10,12-13H2/t16-,18-/m0/s1. The SMILES string of the molecule is Oc1ccccc1CN[C@H]1CCCN[C@H]1c1ccccc1. The Morgan fingerprint density at radius 2 is 1.81 bits per heavy atom. The average Bonchev–Trinajstić information content (AvgIpc) is 2.55. The van der Waals surface area contributed by atoms with Gasteiger partial charge in [0.1, 0.15) is 5.75 Å². The summed E-state index contributed by atoms with van der Waals surface area (Å²) < 4.78 is 0. The van der Waals surface area contributed by atoms with Crippen LogP contribution < -0.4 is 10.6 Å². The number of hydrogen-bond acceptors (Lipinski definition) is 3. The van der Waals surface area contributed by atoms with Crippen LogP contribution in [0.1, 0.15) is 30.0 Å². The van der Waals surface area contributed by atoms with Gasteiger partial charge in [-0.2, -0.15) is 0 Å².